The van der Waals surface area contributed by atoms with Gasteiger partial charge in [-0.25, -0.2) is 8.42 Å². The maximum atomic E-state index is 11.8. The van der Waals surface area contributed by atoms with Gasteiger partial charge in [0.05, 0.1) is 11.5 Å². The minimum Gasteiger partial charge on any atom is -0.228 e. The van der Waals surface area contributed by atoms with Gasteiger partial charge in [-0.15, -0.1) is 11.6 Å². The lowest BCUT2D eigenvalue weighted by Gasteiger charge is -2.09. The van der Waals surface area contributed by atoms with Gasteiger partial charge >= 0.3 is 0 Å². The monoisotopic (exact) mass is 260 g/mol. The zero-order valence-electron chi connectivity index (χ0n) is 9.61. The lowest BCUT2D eigenvalue weighted by molar-refractivity contribution is 0.582. The minimum absolute atomic E-state index is 0.0106. The maximum absolute atomic E-state index is 11.8. The highest BCUT2D eigenvalue weighted by molar-refractivity contribution is 7.90. The predicted octanol–water partition coefficient (Wildman–Crippen LogP) is 2.78. The fraction of sp³-hybridized carbons (Fsp3) is 0.500. The predicted molar refractivity (Wildman–Crippen MR) is 68.6 cm³/mol. The molecule has 0 aromatic heterocycles. The highest BCUT2D eigenvalue weighted by atomic mass is 35.5. The van der Waals surface area contributed by atoms with Crippen LogP contribution < -0.4 is 0 Å². The van der Waals surface area contributed by atoms with E-state index in [9.17, 15) is 8.42 Å². The second-order valence-electron chi connectivity index (χ2n) is 4.30. The van der Waals surface area contributed by atoms with Crippen LogP contribution in [0.2, 0.25) is 0 Å². The Balaban J connectivity index is 2.73. The molecule has 0 saturated heterocycles. The molecule has 90 valence electrons. The van der Waals surface area contributed by atoms with E-state index in [2.05, 4.69) is 0 Å². The van der Waals surface area contributed by atoms with E-state index in [1.807, 2.05) is 38.1 Å². The van der Waals surface area contributed by atoms with Gasteiger partial charge in [0.25, 0.3) is 0 Å². The molecule has 0 aliphatic heterocycles. The van der Waals surface area contributed by atoms with E-state index < -0.39 is 9.84 Å². The number of halogens is 1. The van der Waals surface area contributed by atoms with Crippen molar-refractivity contribution < 1.29 is 8.42 Å². The third-order valence-corrected chi connectivity index (χ3v) is 4.65. The molecule has 0 amide bonds. The largest absolute Gasteiger partial charge is 0.228 e. The van der Waals surface area contributed by atoms with Gasteiger partial charge in [0.15, 0.2) is 9.84 Å². The Morgan fingerprint density at radius 2 is 2.06 bits per heavy atom. The Bertz CT molecular complexity index is 440. The van der Waals surface area contributed by atoms with Gasteiger partial charge in [-0.05, 0) is 18.4 Å². The van der Waals surface area contributed by atoms with E-state index in [1.165, 1.54) is 0 Å². The third-order valence-electron chi connectivity index (χ3n) is 2.27. The summed E-state index contributed by atoms with van der Waals surface area (Å²) in [5.41, 5.74) is 1.93. The van der Waals surface area contributed by atoms with Crippen LogP contribution in [0.5, 0.6) is 0 Å². The van der Waals surface area contributed by atoms with Crippen LogP contribution in [0.3, 0.4) is 0 Å². The maximum Gasteiger partial charge on any atom is 0.154 e. The fourth-order valence-electron chi connectivity index (χ4n) is 1.59. The highest BCUT2D eigenvalue weighted by Crippen LogP contribution is 2.12. The first kappa shape index (κ1) is 13.5. The second-order valence-corrected chi connectivity index (χ2v) is 6.72. The number of hydrogen-bond donors (Lipinski definition) is 0. The lowest BCUT2D eigenvalue weighted by Crippen LogP contribution is -2.16. The van der Waals surface area contributed by atoms with E-state index in [0.29, 0.717) is 5.88 Å². The van der Waals surface area contributed by atoms with Gasteiger partial charge in [0.1, 0.15) is 0 Å². The first-order chi connectivity index (χ1) is 7.43. The standard InChI is InChI=1S/C12H17ClO2S/c1-10-4-3-5-12(6-10)9-16(14,15)8-11(2)7-13/h3-6,11H,7-9H2,1-2H3. The molecule has 0 radical (unpaired) electrons. The molecule has 0 spiro atoms. The molecule has 0 saturated carbocycles. The van der Waals surface area contributed by atoms with E-state index >= 15 is 0 Å². The van der Waals surface area contributed by atoms with Crippen molar-refractivity contribution in [3.63, 3.8) is 0 Å². The molecule has 0 N–H and O–H groups in total. The van der Waals surface area contributed by atoms with Crippen molar-refractivity contribution >= 4 is 21.4 Å². The van der Waals surface area contributed by atoms with Crippen LogP contribution in [0.4, 0.5) is 0 Å². The SMILES string of the molecule is Cc1cccc(CS(=O)(=O)CC(C)CCl)c1. The Labute approximate surface area is 103 Å². The van der Waals surface area contributed by atoms with Crippen molar-refractivity contribution in [1.29, 1.82) is 0 Å². The van der Waals surface area contributed by atoms with Crippen molar-refractivity contribution in [2.75, 3.05) is 11.6 Å². The summed E-state index contributed by atoms with van der Waals surface area (Å²) in [7, 11) is -3.05. The number of hydrogen-bond acceptors (Lipinski definition) is 2. The van der Waals surface area contributed by atoms with Crippen molar-refractivity contribution in [2.24, 2.45) is 5.92 Å². The molecule has 16 heavy (non-hydrogen) atoms. The third kappa shape index (κ3) is 4.54. The lowest BCUT2D eigenvalue weighted by atomic mass is 10.2. The number of aryl methyl sites for hydroxylation is 1. The van der Waals surface area contributed by atoms with Crippen molar-refractivity contribution in [3.05, 3.63) is 35.4 Å². The minimum atomic E-state index is -3.05. The number of sulfone groups is 1. The van der Waals surface area contributed by atoms with Gasteiger partial charge in [-0.1, -0.05) is 36.8 Å². The Morgan fingerprint density at radius 1 is 1.38 bits per heavy atom. The van der Waals surface area contributed by atoms with Crippen LogP contribution in [0.25, 0.3) is 0 Å². The molecule has 1 aromatic carbocycles. The molecule has 0 fully saturated rings. The van der Waals surface area contributed by atoms with Crippen LogP contribution in [-0.4, -0.2) is 20.1 Å². The quantitative estimate of drug-likeness (QED) is 0.763. The van der Waals surface area contributed by atoms with Crippen LogP contribution in [-0.2, 0) is 15.6 Å². The summed E-state index contributed by atoms with van der Waals surface area (Å²) in [6.45, 7) is 3.80. The van der Waals surface area contributed by atoms with E-state index in [-0.39, 0.29) is 17.4 Å². The molecular weight excluding hydrogens is 244 g/mol. The molecule has 1 unspecified atom stereocenters. The number of benzene rings is 1. The molecule has 0 aliphatic carbocycles. The van der Waals surface area contributed by atoms with Crippen LogP contribution >= 0.6 is 11.6 Å². The summed E-state index contributed by atoms with van der Waals surface area (Å²) in [6, 6.07) is 7.58. The van der Waals surface area contributed by atoms with Crippen LogP contribution in [0, 0.1) is 12.8 Å². The summed E-state index contributed by atoms with van der Waals surface area (Å²) >= 11 is 5.62. The van der Waals surface area contributed by atoms with Gasteiger partial charge in [0.2, 0.25) is 0 Å². The fourth-order valence-corrected chi connectivity index (χ4v) is 3.62. The zero-order chi connectivity index (χ0) is 12.2. The van der Waals surface area contributed by atoms with Crippen molar-refractivity contribution in [1.82, 2.24) is 0 Å². The first-order valence-corrected chi connectivity index (χ1v) is 7.60. The summed E-state index contributed by atoms with van der Waals surface area (Å²) in [6.07, 6.45) is 0. The average Bonchev–Trinajstić information content (AvgIpc) is 2.15. The van der Waals surface area contributed by atoms with Gasteiger partial charge in [-0.3, -0.25) is 0 Å². The molecule has 1 aromatic rings. The number of alkyl halides is 1. The Kier molecular flexibility index (Phi) is 4.81. The molecule has 1 rings (SSSR count). The van der Waals surface area contributed by atoms with Gasteiger partial charge in [0, 0.05) is 5.88 Å². The molecule has 1 atom stereocenters. The van der Waals surface area contributed by atoms with Gasteiger partial charge in [-0.2, -0.15) is 0 Å². The molecule has 4 heteroatoms. The highest BCUT2D eigenvalue weighted by Gasteiger charge is 2.16. The van der Waals surface area contributed by atoms with E-state index in [4.69, 9.17) is 11.6 Å². The van der Waals surface area contributed by atoms with Crippen LogP contribution in [0.15, 0.2) is 24.3 Å². The molecule has 0 heterocycles. The first-order valence-electron chi connectivity index (χ1n) is 5.25. The Hall–Kier alpha value is -0.540. The molecular formula is C12H17ClO2S. The summed E-state index contributed by atoms with van der Waals surface area (Å²) in [5.74, 6) is 0.657. The smallest absolute Gasteiger partial charge is 0.154 e. The normalized spacial score (nSPS) is 13.7. The molecule has 0 bridgehead atoms. The number of rotatable bonds is 5. The van der Waals surface area contributed by atoms with Crippen molar-refractivity contribution in [2.45, 2.75) is 19.6 Å². The van der Waals surface area contributed by atoms with Crippen LogP contribution in [0.1, 0.15) is 18.1 Å². The Morgan fingerprint density at radius 3 is 2.62 bits per heavy atom. The topological polar surface area (TPSA) is 34.1 Å². The molecule has 2 nitrogen and oxygen atoms in total. The van der Waals surface area contributed by atoms with E-state index in [1.54, 1.807) is 0 Å². The summed E-state index contributed by atoms with van der Waals surface area (Å²) in [4.78, 5) is 0. The average molecular weight is 261 g/mol. The molecule has 0 aliphatic rings. The zero-order valence-corrected chi connectivity index (χ0v) is 11.2. The van der Waals surface area contributed by atoms with E-state index in [0.717, 1.165) is 11.1 Å². The van der Waals surface area contributed by atoms with Gasteiger partial charge < -0.3 is 0 Å². The summed E-state index contributed by atoms with van der Waals surface area (Å²) < 4.78 is 23.6. The second kappa shape index (κ2) is 5.69. The summed E-state index contributed by atoms with van der Waals surface area (Å²) in [5, 5.41) is 0. The van der Waals surface area contributed by atoms with Crippen molar-refractivity contribution in [3.8, 4) is 0 Å².